The maximum atomic E-state index is 10.3. The van der Waals surface area contributed by atoms with Crippen LogP contribution in [0.2, 0.25) is 5.02 Å². The van der Waals surface area contributed by atoms with Crippen molar-refractivity contribution in [2.24, 2.45) is 0 Å². The van der Waals surface area contributed by atoms with Crippen LogP contribution in [-0.4, -0.2) is 6.43 Å². The molecule has 0 aromatic heterocycles. The minimum Gasteiger partial charge on any atom is -0.211 e. The highest BCUT2D eigenvalue weighted by Crippen LogP contribution is 2.03. The Hall–Kier alpha value is -0.630. The Morgan fingerprint density at radius 1 is 1.18 bits per heavy atom. The van der Waals surface area contributed by atoms with Crippen molar-refractivity contribution in [2.45, 2.75) is 13.3 Å². The molecule has 0 nitrogen and oxygen atoms in total. The second kappa shape index (κ2) is 6.10. The van der Waals surface area contributed by atoms with Gasteiger partial charge < -0.3 is 0 Å². The highest BCUT2D eigenvalue weighted by molar-refractivity contribution is 6.30. The van der Waals surface area contributed by atoms with Crippen LogP contribution in [0.25, 0.3) is 0 Å². The molecular formula is C8H9ClF2. The van der Waals surface area contributed by atoms with E-state index in [1.165, 1.54) is 0 Å². The summed E-state index contributed by atoms with van der Waals surface area (Å²) in [5.74, 6) is 0. The summed E-state index contributed by atoms with van der Waals surface area (Å²) in [6, 6.07) is 9.44. The third-order valence-corrected chi connectivity index (χ3v) is 0.985. The maximum Gasteiger partial charge on any atom is 0.235 e. The van der Waals surface area contributed by atoms with Gasteiger partial charge >= 0.3 is 0 Å². The summed E-state index contributed by atoms with van der Waals surface area (Å²) in [6.45, 7) is 0.833. The molecule has 1 rings (SSSR count). The van der Waals surface area contributed by atoms with Gasteiger partial charge in [0.15, 0.2) is 0 Å². The third-order valence-electron chi connectivity index (χ3n) is 0.733. The fraction of sp³-hybridized carbons (Fsp3) is 0.250. The standard InChI is InChI=1S/C6H5Cl.C2H4F2/c7-6-4-2-1-3-5-6;1-2(3)4/h1-5H;2H,1H3. The van der Waals surface area contributed by atoms with Gasteiger partial charge in [-0.15, -0.1) is 0 Å². The van der Waals surface area contributed by atoms with Crippen LogP contribution in [-0.2, 0) is 0 Å². The van der Waals surface area contributed by atoms with Crippen molar-refractivity contribution < 1.29 is 8.78 Å². The molecule has 0 unspecified atom stereocenters. The molecule has 0 spiro atoms. The zero-order chi connectivity index (χ0) is 8.69. The lowest BCUT2D eigenvalue weighted by Gasteiger charge is -1.80. The molecule has 0 radical (unpaired) electrons. The van der Waals surface area contributed by atoms with Gasteiger partial charge in [0.2, 0.25) is 6.43 Å². The summed E-state index contributed by atoms with van der Waals surface area (Å²) in [7, 11) is 0. The maximum absolute atomic E-state index is 10.3. The van der Waals surface area contributed by atoms with E-state index in [1.807, 2.05) is 30.3 Å². The number of alkyl halides is 2. The average Bonchev–Trinajstić information content (AvgIpc) is 1.87. The molecule has 1 aromatic carbocycles. The second-order valence-electron chi connectivity index (χ2n) is 1.81. The van der Waals surface area contributed by atoms with Crippen LogP contribution >= 0.6 is 11.6 Å². The van der Waals surface area contributed by atoms with Gasteiger partial charge in [0.25, 0.3) is 0 Å². The minimum absolute atomic E-state index is 0.794. The molecule has 0 amide bonds. The molecule has 0 atom stereocenters. The highest BCUT2D eigenvalue weighted by Gasteiger charge is 1.79. The molecule has 62 valence electrons. The van der Waals surface area contributed by atoms with Crippen LogP contribution in [0.15, 0.2) is 30.3 Å². The summed E-state index contributed by atoms with van der Waals surface area (Å²) in [5.41, 5.74) is 0. The van der Waals surface area contributed by atoms with Gasteiger partial charge in [-0.1, -0.05) is 29.8 Å². The SMILES string of the molecule is CC(F)F.Clc1ccccc1. The van der Waals surface area contributed by atoms with E-state index < -0.39 is 6.43 Å². The van der Waals surface area contributed by atoms with Crippen LogP contribution < -0.4 is 0 Å². The third kappa shape index (κ3) is 9.37. The van der Waals surface area contributed by atoms with Crippen LogP contribution in [0.5, 0.6) is 0 Å². The van der Waals surface area contributed by atoms with Crippen molar-refractivity contribution in [1.82, 2.24) is 0 Å². The monoisotopic (exact) mass is 178 g/mol. The van der Waals surface area contributed by atoms with Crippen molar-refractivity contribution >= 4 is 11.6 Å². The Bertz CT molecular complexity index is 172. The molecule has 3 heteroatoms. The van der Waals surface area contributed by atoms with E-state index in [9.17, 15) is 8.78 Å². The molecule has 0 saturated heterocycles. The van der Waals surface area contributed by atoms with Crippen molar-refractivity contribution in [2.75, 3.05) is 0 Å². The van der Waals surface area contributed by atoms with Gasteiger partial charge in [-0.2, -0.15) is 0 Å². The van der Waals surface area contributed by atoms with Gasteiger partial charge in [0, 0.05) is 5.02 Å². The van der Waals surface area contributed by atoms with Crippen LogP contribution in [0, 0.1) is 0 Å². The Morgan fingerprint density at radius 3 is 1.73 bits per heavy atom. The molecule has 0 aliphatic carbocycles. The molecular weight excluding hydrogens is 170 g/mol. The minimum atomic E-state index is -2.17. The predicted octanol–water partition coefficient (Wildman–Crippen LogP) is 3.61. The molecule has 11 heavy (non-hydrogen) atoms. The zero-order valence-electron chi connectivity index (χ0n) is 6.10. The van der Waals surface area contributed by atoms with E-state index in [0.29, 0.717) is 0 Å². The van der Waals surface area contributed by atoms with E-state index in [0.717, 1.165) is 11.9 Å². The van der Waals surface area contributed by atoms with Crippen LogP contribution in [0.1, 0.15) is 6.92 Å². The van der Waals surface area contributed by atoms with Gasteiger partial charge in [-0.3, -0.25) is 0 Å². The van der Waals surface area contributed by atoms with E-state index in [4.69, 9.17) is 11.6 Å². The van der Waals surface area contributed by atoms with Gasteiger partial charge in [-0.25, -0.2) is 8.78 Å². The van der Waals surface area contributed by atoms with Gasteiger partial charge in [-0.05, 0) is 19.1 Å². The first-order valence-corrected chi connectivity index (χ1v) is 3.49. The largest absolute Gasteiger partial charge is 0.235 e. The summed E-state index contributed by atoms with van der Waals surface area (Å²) < 4.78 is 20.7. The summed E-state index contributed by atoms with van der Waals surface area (Å²) >= 11 is 5.54. The number of hydrogen-bond donors (Lipinski definition) is 0. The number of rotatable bonds is 0. The zero-order valence-corrected chi connectivity index (χ0v) is 6.85. The number of hydrogen-bond acceptors (Lipinski definition) is 0. The number of halogens is 3. The Balaban J connectivity index is 0.000000218. The lowest BCUT2D eigenvalue weighted by molar-refractivity contribution is 0.171. The fourth-order valence-corrected chi connectivity index (χ4v) is 0.560. The molecule has 0 fully saturated rings. The molecule has 0 saturated carbocycles. The Labute approximate surface area is 69.8 Å². The highest BCUT2D eigenvalue weighted by atomic mass is 35.5. The van der Waals surface area contributed by atoms with Gasteiger partial charge in [0.05, 0.1) is 0 Å². The second-order valence-corrected chi connectivity index (χ2v) is 2.25. The quantitative estimate of drug-likeness (QED) is 0.569. The van der Waals surface area contributed by atoms with E-state index in [2.05, 4.69) is 0 Å². The van der Waals surface area contributed by atoms with Crippen molar-refractivity contribution in [3.63, 3.8) is 0 Å². The Kier molecular flexibility index (Phi) is 5.75. The van der Waals surface area contributed by atoms with Crippen LogP contribution in [0.4, 0.5) is 8.78 Å². The van der Waals surface area contributed by atoms with Crippen LogP contribution in [0.3, 0.4) is 0 Å². The molecule has 0 N–H and O–H groups in total. The van der Waals surface area contributed by atoms with E-state index in [1.54, 1.807) is 0 Å². The summed E-state index contributed by atoms with van der Waals surface area (Å²) in [4.78, 5) is 0. The van der Waals surface area contributed by atoms with Crippen molar-refractivity contribution in [3.8, 4) is 0 Å². The Morgan fingerprint density at radius 2 is 1.55 bits per heavy atom. The molecule has 0 aliphatic rings. The topological polar surface area (TPSA) is 0 Å². The molecule has 0 heterocycles. The number of benzene rings is 1. The first-order chi connectivity index (χ1) is 5.13. The van der Waals surface area contributed by atoms with E-state index >= 15 is 0 Å². The molecule has 0 aliphatic heterocycles. The van der Waals surface area contributed by atoms with Gasteiger partial charge in [0.1, 0.15) is 0 Å². The first kappa shape index (κ1) is 10.4. The van der Waals surface area contributed by atoms with E-state index in [-0.39, 0.29) is 0 Å². The predicted molar refractivity (Wildman–Crippen MR) is 43.1 cm³/mol. The first-order valence-electron chi connectivity index (χ1n) is 3.11. The lowest BCUT2D eigenvalue weighted by Crippen LogP contribution is -1.69. The molecule has 0 bridgehead atoms. The molecule has 1 aromatic rings. The fourth-order valence-electron chi connectivity index (χ4n) is 0.415. The summed E-state index contributed by atoms with van der Waals surface area (Å²) in [5, 5.41) is 0.794. The van der Waals surface area contributed by atoms with Crippen molar-refractivity contribution in [3.05, 3.63) is 35.4 Å². The average molecular weight is 179 g/mol. The smallest absolute Gasteiger partial charge is 0.211 e. The lowest BCUT2D eigenvalue weighted by atomic mass is 10.4. The summed E-state index contributed by atoms with van der Waals surface area (Å²) in [6.07, 6.45) is -2.17. The normalized spacial score (nSPS) is 8.82. The van der Waals surface area contributed by atoms with Crippen molar-refractivity contribution in [1.29, 1.82) is 0 Å².